The minimum atomic E-state index is -0.186. The van der Waals surface area contributed by atoms with E-state index >= 15 is 0 Å². The van der Waals surface area contributed by atoms with Gasteiger partial charge < -0.3 is 15.3 Å². The number of carbonyl (C=O) groups is 1. The first-order valence-electron chi connectivity index (χ1n) is 8.24. The van der Waals surface area contributed by atoms with Gasteiger partial charge >= 0.3 is 6.03 Å². The molecule has 0 saturated carbocycles. The summed E-state index contributed by atoms with van der Waals surface area (Å²) < 4.78 is 0. The number of hydrogen-bond donors (Lipinski definition) is 2. The van der Waals surface area contributed by atoms with Crippen molar-refractivity contribution in [2.24, 2.45) is 0 Å². The first-order chi connectivity index (χ1) is 11.5. The van der Waals surface area contributed by atoms with Crippen molar-refractivity contribution in [3.8, 4) is 0 Å². The summed E-state index contributed by atoms with van der Waals surface area (Å²) in [5.41, 5.74) is 3.41. The van der Waals surface area contributed by atoms with Gasteiger partial charge in [-0.1, -0.05) is 38.1 Å². The fraction of sp³-hybridized carbons (Fsp3) is 0.421. The first kappa shape index (κ1) is 18.5. The normalized spacial score (nSPS) is 12.2. The highest BCUT2D eigenvalue weighted by molar-refractivity contribution is 7.07. The van der Waals surface area contributed by atoms with E-state index in [1.165, 1.54) is 5.56 Å². The molecule has 1 aromatic heterocycles. The van der Waals surface area contributed by atoms with Crippen LogP contribution in [0.5, 0.6) is 0 Å². The number of rotatable bonds is 7. The van der Waals surface area contributed by atoms with Crippen LogP contribution in [0.25, 0.3) is 0 Å². The van der Waals surface area contributed by atoms with Gasteiger partial charge in [0.25, 0.3) is 0 Å². The molecule has 1 aromatic carbocycles. The van der Waals surface area contributed by atoms with Crippen LogP contribution in [0.15, 0.2) is 41.1 Å². The molecule has 1 atom stereocenters. The van der Waals surface area contributed by atoms with Gasteiger partial charge in [0.2, 0.25) is 0 Å². The van der Waals surface area contributed by atoms with Gasteiger partial charge in [0.1, 0.15) is 0 Å². The summed E-state index contributed by atoms with van der Waals surface area (Å²) in [4.78, 5) is 14.1. The summed E-state index contributed by atoms with van der Waals surface area (Å²) >= 11 is 1.62. The minimum Gasteiger partial charge on any atom is -0.396 e. The molecule has 0 spiro atoms. The third-order valence-electron chi connectivity index (χ3n) is 4.07. The molecule has 2 rings (SSSR count). The maximum atomic E-state index is 12.4. The Kier molecular flexibility index (Phi) is 6.82. The fourth-order valence-corrected chi connectivity index (χ4v) is 3.21. The largest absolute Gasteiger partial charge is 0.396 e. The maximum Gasteiger partial charge on any atom is 0.317 e. The second-order valence-electron chi connectivity index (χ2n) is 6.32. The SMILES string of the molecule is CC(C)c1ccc(C(CCO)NC(=O)N(C)Cc2ccsc2)cc1. The van der Waals surface area contributed by atoms with Crippen molar-refractivity contribution in [1.82, 2.24) is 10.2 Å². The van der Waals surface area contributed by atoms with Crippen LogP contribution in [0.3, 0.4) is 0 Å². The number of hydrogen-bond acceptors (Lipinski definition) is 3. The molecule has 130 valence electrons. The molecule has 1 unspecified atom stereocenters. The fourth-order valence-electron chi connectivity index (χ4n) is 2.55. The number of carbonyl (C=O) groups excluding carboxylic acids is 1. The average Bonchev–Trinajstić information content (AvgIpc) is 3.07. The molecular weight excluding hydrogens is 320 g/mol. The number of aliphatic hydroxyl groups excluding tert-OH is 1. The molecule has 0 bridgehead atoms. The van der Waals surface area contributed by atoms with Crippen molar-refractivity contribution >= 4 is 17.4 Å². The molecule has 0 aliphatic heterocycles. The molecule has 0 radical (unpaired) electrons. The number of nitrogens with zero attached hydrogens (tertiary/aromatic N) is 1. The molecule has 1 heterocycles. The Morgan fingerprint density at radius 3 is 2.42 bits per heavy atom. The Bertz CT molecular complexity index is 623. The number of nitrogens with one attached hydrogen (secondary N) is 1. The highest BCUT2D eigenvalue weighted by Crippen LogP contribution is 2.21. The van der Waals surface area contributed by atoms with Gasteiger partial charge in [-0.2, -0.15) is 11.3 Å². The Morgan fingerprint density at radius 2 is 1.88 bits per heavy atom. The zero-order valence-corrected chi connectivity index (χ0v) is 15.3. The van der Waals surface area contributed by atoms with Gasteiger partial charge in [-0.25, -0.2) is 4.79 Å². The average molecular weight is 346 g/mol. The van der Waals surface area contributed by atoms with E-state index in [1.807, 2.05) is 29.0 Å². The van der Waals surface area contributed by atoms with Gasteiger partial charge in [-0.05, 0) is 45.9 Å². The third-order valence-corrected chi connectivity index (χ3v) is 4.80. The second-order valence-corrected chi connectivity index (χ2v) is 7.10. The molecule has 2 N–H and O–H groups in total. The maximum absolute atomic E-state index is 12.4. The van der Waals surface area contributed by atoms with Crippen LogP contribution in [0, 0.1) is 0 Å². The van der Waals surface area contributed by atoms with Crippen LogP contribution in [0.4, 0.5) is 4.79 Å². The molecule has 2 amide bonds. The number of thiophene rings is 1. The number of aliphatic hydroxyl groups is 1. The molecule has 0 aliphatic carbocycles. The molecule has 0 saturated heterocycles. The summed E-state index contributed by atoms with van der Waals surface area (Å²) in [5, 5.41) is 16.4. The van der Waals surface area contributed by atoms with E-state index in [2.05, 4.69) is 31.3 Å². The van der Waals surface area contributed by atoms with Crippen LogP contribution < -0.4 is 5.32 Å². The van der Waals surface area contributed by atoms with E-state index < -0.39 is 0 Å². The van der Waals surface area contributed by atoms with E-state index in [-0.39, 0.29) is 18.7 Å². The first-order valence-corrected chi connectivity index (χ1v) is 9.19. The summed E-state index contributed by atoms with van der Waals surface area (Å²) in [6, 6.07) is 9.95. The molecule has 2 aromatic rings. The van der Waals surface area contributed by atoms with Gasteiger partial charge in [0, 0.05) is 20.2 Å². The predicted molar refractivity (Wildman–Crippen MR) is 99.3 cm³/mol. The minimum absolute atomic E-state index is 0.0329. The highest BCUT2D eigenvalue weighted by atomic mass is 32.1. The topological polar surface area (TPSA) is 52.6 Å². The second kappa shape index (κ2) is 8.85. The lowest BCUT2D eigenvalue weighted by Gasteiger charge is -2.24. The molecule has 0 fully saturated rings. The summed E-state index contributed by atoms with van der Waals surface area (Å²) in [7, 11) is 1.78. The van der Waals surface area contributed by atoms with E-state index in [9.17, 15) is 9.90 Å². The smallest absolute Gasteiger partial charge is 0.317 e. The van der Waals surface area contributed by atoms with Gasteiger partial charge in [-0.3, -0.25) is 0 Å². The zero-order valence-electron chi connectivity index (χ0n) is 14.5. The van der Waals surface area contributed by atoms with Crippen molar-refractivity contribution in [1.29, 1.82) is 0 Å². The Hall–Kier alpha value is -1.85. The lowest BCUT2D eigenvalue weighted by atomic mass is 9.98. The third kappa shape index (κ3) is 5.08. The van der Waals surface area contributed by atoms with Crippen LogP contribution >= 0.6 is 11.3 Å². The summed E-state index contributed by atoms with van der Waals surface area (Å²) in [6.07, 6.45) is 0.499. The Morgan fingerprint density at radius 1 is 1.21 bits per heavy atom. The molecular formula is C19H26N2O2S. The molecule has 4 nitrogen and oxygen atoms in total. The van der Waals surface area contributed by atoms with Crippen molar-refractivity contribution in [2.45, 2.75) is 38.8 Å². The van der Waals surface area contributed by atoms with Crippen LogP contribution in [-0.2, 0) is 6.54 Å². The quantitative estimate of drug-likeness (QED) is 0.792. The molecule has 5 heteroatoms. The zero-order chi connectivity index (χ0) is 17.5. The van der Waals surface area contributed by atoms with E-state index in [0.29, 0.717) is 18.9 Å². The highest BCUT2D eigenvalue weighted by Gasteiger charge is 2.17. The van der Waals surface area contributed by atoms with E-state index in [1.54, 1.807) is 23.3 Å². The standard InChI is InChI=1S/C19H26N2O2S/c1-14(2)16-4-6-17(7-5-16)18(8-10-22)20-19(23)21(3)12-15-9-11-24-13-15/h4-7,9,11,13-14,18,22H,8,10,12H2,1-3H3,(H,20,23). The van der Waals surface area contributed by atoms with Gasteiger partial charge in [-0.15, -0.1) is 0 Å². The van der Waals surface area contributed by atoms with Crippen molar-refractivity contribution in [3.05, 3.63) is 57.8 Å². The molecule has 24 heavy (non-hydrogen) atoms. The van der Waals surface area contributed by atoms with E-state index in [4.69, 9.17) is 0 Å². The van der Waals surface area contributed by atoms with Crippen molar-refractivity contribution in [2.75, 3.05) is 13.7 Å². The van der Waals surface area contributed by atoms with Crippen LogP contribution in [0.2, 0.25) is 0 Å². The summed E-state index contributed by atoms with van der Waals surface area (Å²) in [5.74, 6) is 0.474. The number of urea groups is 1. The lowest BCUT2D eigenvalue weighted by Crippen LogP contribution is -2.39. The van der Waals surface area contributed by atoms with Gasteiger partial charge in [0.15, 0.2) is 0 Å². The Balaban J connectivity index is 2.02. The summed E-state index contributed by atoms with van der Waals surface area (Å²) in [6.45, 7) is 4.92. The van der Waals surface area contributed by atoms with Crippen LogP contribution in [-0.4, -0.2) is 29.7 Å². The van der Waals surface area contributed by atoms with Crippen LogP contribution in [0.1, 0.15) is 48.9 Å². The van der Waals surface area contributed by atoms with Crippen molar-refractivity contribution < 1.29 is 9.90 Å². The van der Waals surface area contributed by atoms with Crippen molar-refractivity contribution in [3.63, 3.8) is 0 Å². The van der Waals surface area contributed by atoms with E-state index in [0.717, 1.165) is 11.1 Å². The van der Waals surface area contributed by atoms with Gasteiger partial charge in [0.05, 0.1) is 6.04 Å². The Labute approximate surface area is 148 Å². The number of benzene rings is 1. The predicted octanol–water partition coefficient (Wildman–Crippen LogP) is 4.14. The molecule has 0 aliphatic rings. The lowest BCUT2D eigenvalue weighted by molar-refractivity contribution is 0.198. The monoisotopic (exact) mass is 346 g/mol. The number of amides is 2.